The number of nitrogens with one attached hydrogen (secondary N) is 2. The molecular formula is C16H25ClN4O4S. The summed E-state index contributed by atoms with van der Waals surface area (Å²) in [5.74, 6) is -0.829. The number of nitrogens with two attached hydrogens (primary N) is 1. The molecule has 146 valence electrons. The third kappa shape index (κ3) is 5.94. The molecule has 0 saturated carbocycles. The first-order valence-corrected chi connectivity index (χ1v) is 9.79. The maximum atomic E-state index is 12.2. The monoisotopic (exact) mass is 404 g/mol. The van der Waals surface area contributed by atoms with Crippen molar-refractivity contribution < 1.29 is 18.0 Å². The highest BCUT2D eigenvalue weighted by molar-refractivity contribution is 7.89. The van der Waals surface area contributed by atoms with Crippen LogP contribution in [0.5, 0.6) is 0 Å². The van der Waals surface area contributed by atoms with Gasteiger partial charge in [-0.2, -0.15) is 0 Å². The summed E-state index contributed by atoms with van der Waals surface area (Å²) in [6.45, 7) is 4.37. The van der Waals surface area contributed by atoms with Gasteiger partial charge < -0.3 is 15.5 Å². The Labute approximate surface area is 160 Å². The Hall–Kier alpha value is -1.68. The molecule has 1 aromatic rings. The zero-order chi connectivity index (χ0) is 18.4. The van der Waals surface area contributed by atoms with Gasteiger partial charge >= 0.3 is 0 Å². The van der Waals surface area contributed by atoms with Crippen molar-refractivity contribution in [2.24, 2.45) is 11.1 Å². The molecule has 1 aliphatic rings. The van der Waals surface area contributed by atoms with Gasteiger partial charge in [-0.05, 0) is 31.2 Å². The summed E-state index contributed by atoms with van der Waals surface area (Å²) in [6, 6.07) is 5.87. The van der Waals surface area contributed by atoms with E-state index < -0.39 is 15.9 Å². The quantitative estimate of drug-likeness (QED) is 0.535. The van der Waals surface area contributed by atoms with Gasteiger partial charge in [0.1, 0.15) is 0 Å². The Kier molecular flexibility index (Phi) is 8.48. The van der Waals surface area contributed by atoms with E-state index in [0.29, 0.717) is 18.8 Å². The van der Waals surface area contributed by atoms with Crippen LogP contribution in [0.1, 0.15) is 19.8 Å². The van der Waals surface area contributed by atoms with Crippen molar-refractivity contribution in [1.29, 1.82) is 0 Å². The molecule has 1 heterocycles. The van der Waals surface area contributed by atoms with E-state index in [9.17, 15) is 18.0 Å². The van der Waals surface area contributed by atoms with Crippen LogP contribution in [0.3, 0.4) is 0 Å². The third-order valence-corrected chi connectivity index (χ3v) is 4.89. The zero-order valence-electron chi connectivity index (χ0n) is 14.6. The summed E-state index contributed by atoms with van der Waals surface area (Å²) in [6.07, 6.45) is 1.13. The molecule has 1 fully saturated rings. The number of primary sulfonamides is 1. The van der Waals surface area contributed by atoms with E-state index in [-0.39, 0.29) is 42.1 Å². The van der Waals surface area contributed by atoms with Crippen molar-refractivity contribution >= 4 is 39.9 Å². The van der Waals surface area contributed by atoms with E-state index in [1.165, 1.54) is 23.1 Å². The molecule has 26 heavy (non-hydrogen) atoms. The van der Waals surface area contributed by atoms with Crippen LogP contribution in [0, 0.1) is 5.92 Å². The molecule has 0 radical (unpaired) electrons. The average molecular weight is 405 g/mol. The van der Waals surface area contributed by atoms with Crippen molar-refractivity contribution in [1.82, 2.24) is 10.6 Å². The molecule has 1 aliphatic heterocycles. The lowest BCUT2D eigenvalue weighted by Gasteiger charge is -2.17. The highest BCUT2D eigenvalue weighted by Crippen LogP contribution is 2.26. The van der Waals surface area contributed by atoms with Gasteiger partial charge in [-0.15, -0.1) is 12.4 Å². The highest BCUT2D eigenvalue weighted by Gasteiger charge is 2.35. The second kappa shape index (κ2) is 9.86. The van der Waals surface area contributed by atoms with Gasteiger partial charge in [0.25, 0.3) is 0 Å². The number of benzene rings is 1. The molecule has 0 bridgehead atoms. The minimum atomic E-state index is -3.85. The van der Waals surface area contributed by atoms with Gasteiger partial charge in [0.15, 0.2) is 0 Å². The first-order chi connectivity index (χ1) is 11.8. The van der Waals surface area contributed by atoms with Gasteiger partial charge in [0.2, 0.25) is 21.8 Å². The van der Waals surface area contributed by atoms with Crippen molar-refractivity contribution in [2.45, 2.75) is 24.7 Å². The fraction of sp³-hybridized carbons (Fsp3) is 0.500. The van der Waals surface area contributed by atoms with E-state index >= 15 is 0 Å². The number of amides is 2. The molecule has 1 aromatic carbocycles. The molecule has 0 aliphatic carbocycles. The standard InChI is InChI=1S/C16H24N4O4S.ClH/c1-2-6-18-7-8-19-16(22)12-9-15(21)20(11-12)13-4-3-5-14(10-13)25(17,23)24;/h3-5,10,12,18H,2,6-9,11H2,1H3,(H,19,22)(H2,17,23,24);1H. The van der Waals surface area contributed by atoms with E-state index in [0.717, 1.165) is 13.0 Å². The van der Waals surface area contributed by atoms with Gasteiger partial charge in [-0.3, -0.25) is 9.59 Å². The van der Waals surface area contributed by atoms with Crippen LogP contribution >= 0.6 is 12.4 Å². The lowest BCUT2D eigenvalue weighted by molar-refractivity contribution is -0.126. The molecule has 0 aromatic heterocycles. The lowest BCUT2D eigenvalue weighted by Crippen LogP contribution is -2.37. The number of hydrogen-bond donors (Lipinski definition) is 3. The molecule has 8 nitrogen and oxygen atoms in total. The molecule has 1 unspecified atom stereocenters. The number of nitrogens with zero attached hydrogens (tertiary/aromatic N) is 1. The third-order valence-electron chi connectivity index (χ3n) is 3.98. The summed E-state index contributed by atoms with van der Waals surface area (Å²) in [7, 11) is -3.85. The van der Waals surface area contributed by atoms with Crippen molar-refractivity contribution in [3.63, 3.8) is 0 Å². The number of rotatable bonds is 8. The van der Waals surface area contributed by atoms with Crippen molar-refractivity contribution in [3.8, 4) is 0 Å². The van der Waals surface area contributed by atoms with Crippen molar-refractivity contribution in [2.75, 3.05) is 31.1 Å². The average Bonchev–Trinajstić information content (AvgIpc) is 2.96. The highest BCUT2D eigenvalue weighted by atomic mass is 35.5. The molecule has 2 amide bonds. The minimum Gasteiger partial charge on any atom is -0.355 e. The zero-order valence-corrected chi connectivity index (χ0v) is 16.2. The van der Waals surface area contributed by atoms with Gasteiger partial charge in [-0.1, -0.05) is 13.0 Å². The van der Waals surface area contributed by atoms with Crippen LogP contribution < -0.4 is 20.7 Å². The van der Waals surface area contributed by atoms with E-state index in [1.807, 2.05) is 0 Å². The summed E-state index contributed by atoms with van der Waals surface area (Å²) >= 11 is 0. The van der Waals surface area contributed by atoms with Crippen LogP contribution in [-0.2, 0) is 19.6 Å². The predicted molar refractivity (Wildman–Crippen MR) is 102 cm³/mol. The van der Waals surface area contributed by atoms with E-state index in [4.69, 9.17) is 5.14 Å². The number of carbonyl (C=O) groups excluding carboxylic acids is 2. The number of halogens is 1. The van der Waals surface area contributed by atoms with Crippen molar-refractivity contribution in [3.05, 3.63) is 24.3 Å². The van der Waals surface area contributed by atoms with E-state index in [2.05, 4.69) is 17.6 Å². The number of sulfonamides is 1. The molecule has 1 atom stereocenters. The van der Waals surface area contributed by atoms with Gasteiger partial charge in [0.05, 0.1) is 10.8 Å². The van der Waals surface area contributed by atoms with Gasteiger partial charge in [0, 0.05) is 31.7 Å². The maximum Gasteiger partial charge on any atom is 0.238 e. The fourth-order valence-electron chi connectivity index (χ4n) is 2.68. The smallest absolute Gasteiger partial charge is 0.238 e. The topological polar surface area (TPSA) is 122 Å². The Morgan fingerprint density at radius 2 is 2.04 bits per heavy atom. The molecule has 1 saturated heterocycles. The van der Waals surface area contributed by atoms with Crippen LogP contribution in [0.25, 0.3) is 0 Å². The summed E-state index contributed by atoms with van der Waals surface area (Å²) in [4.78, 5) is 25.8. The second-order valence-corrected chi connectivity index (χ2v) is 7.55. The Balaban J connectivity index is 0.00000338. The van der Waals surface area contributed by atoms with Gasteiger partial charge in [-0.25, -0.2) is 13.6 Å². The first-order valence-electron chi connectivity index (χ1n) is 8.24. The first kappa shape index (κ1) is 22.4. The predicted octanol–water partition coefficient (Wildman–Crippen LogP) is 0.225. The molecule has 2 rings (SSSR count). The number of anilines is 1. The van der Waals surface area contributed by atoms with E-state index in [1.54, 1.807) is 6.07 Å². The fourth-order valence-corrected chi connectivity index (χ4v) is 3.23. The molecular weight excluding hydrogens is 380 g/mol. The van der Waals surface area contributed by atoms with Crippen LogP contribution in [0.2, 0.25) is 0 Å². The van der Waals surface area contributed by atoms with Crippen LogP contribution in [-0.4, -0.2) is 46.4 Å². The summed E-state index contributed by atoms with van der Waals surface area (Å²) in [5, 5.41) is 11.1. The Bertz CT molecular complexity index is 742. The lowest BCUT2D eigenvalue weighted by atomic mass is 10.1. The Morgan fingerprint density at radius 3 is 2.69 bits per heavy atom. The molecule has 4 N–H and O–H groups in total. The maximum absolute atomic E-state index is 12.2. The summed E-state index contributed by atoms with van der Waals surface area (Å²) in [5.41, 5.74) is 0.427. The number of hydrogen-bond acceptors (Lipinski definition) is 5. The second-order valence-electron chi connectivity index (χ2n) is 5.99. The minimum absolute atomic E-state index is 0. The number of carbonyl (C=O) groups is 2. The normalized spacial score (nSPS) is 17.1. The Morgan fingerprint density at radius 1 is 1.31 bits per heavy atom. The molecule has 10 heteroatoms. The molecule has 0 spiro atoms. The summed E-state index contributed by atoms with van der Waals surface area (Å²) < 4.78 is 22.9. The van der Waals surface area contributed by atoms with Crippen LogP contribution in [0.4, 0.5) is 5.69 Å². The van der Waals surface area contributed by atoms with Crippen LogP contribution in [0.15, 0.2) is 29.2 Å². The largest absolute Gasteiger partial charge is 0.355 e. The SMILES string of the molecule is CCCNCCNC(=O)C1CC(=O)N(c2cccc(S(N)(=O)=O)c2)C1.Cl.